The van der Waals surface area contributed by atoms with Crippen molar-refractivity contribution in [1.29, 1.82) is 0 Å². The summed E-state index contributed by atoms with van der Waals surface area (Å²) in [4.78, 5) is 17.9. The summed E-state index contributed by atoms with van der Waals surface area (Å²) in [6.45, 7) is 2.36. The van der Waals surface area contributed by atoms with Gasteiger partial charge in [0, 0.05) is 25.3 Å². The number of carbonyl (C=O) groups is 1. The van der Waals surface area contributed by atoms with Gasteiger partial charge in [-0.2, -0.15) is 0 Å². The molecule has 0 saturated carbocycles. The molecule has 20 heavy (non-hydrogen) atoms. The fourth-order valence-corrected chi connectivity index (χ4v) is 2.43. The number of hydrogen-bond donors (Lipinski definition) is 2. The molecule has 2 rings (SSSR count). The molecule has 1 aromatic heterocycles. The Morgan fingerprint density at radius 1 is 1.65 bits per heavy atom. The molecule has 1 saturated heterocycles. The van der Waals surface area contributed by atoms with E-state index in [2.05, 4.69) is 10.3 Å². The van der Waals surface area contributed by atoms with Crippen molar-refractivity contribution in [2.24, 2.45) is 0 Å². The Labute approximate surface area is 118 Å². The third kappa shape index (κ3) is 3.68. The average Bonchev–Trinajstić information content (AvgIpc) is 2.99. The third-order valence-corrected chi connectivity index (χ3v) is 3.46. The number of aliphatic hydroxyl groups is 1. The van der Waals surface area contributed by atoms with Crippen LogP contribution in [0.5, 0.6) is 0 Å². The topological polar surface area (TPSA) is 74.7 Å². The smallest absolute Gasteiger partial charge is 0.338 e. The van der Waals surface area contributed by atoms with Gasteiger partial charge in [0.15, 0.2) is 0 Å². The maximum atomic E-state index is 11.6. The van der Waals surface area contributed by atoms with Crippen LogP contribution in [0.4, 0.5) is 5.82 Å². The number of aliphatic hydroxyl groups excluding tert-OH is 1. The summed E-state index contributed by atoms with van der Waals surface area (Å²) < 4.78 is 4.72. The van der Waals surface area contributed by atoms with E-state index in [4.69, 9.17) is 4.74 Å². The molecule has 2 N–H and O–H groups in total. The first kappa shape index (κ1) is 14.7. The minimum atomic E-state index is -0.378. The molecular formula is C14H21N3O3. The van der Waals surface area contributed by atoms with E-state index in [1.807, 2.05) is 4.90 Å². The predicted molar refractivity (Wildman–Crippen MR) is 75.9 cm³/mol. The fourth-order valence-electron chi connectivity index (χ4n) is 2.43. The monoisotopic (exact) mass is 279 g/mol. The normalized spacial score (nSPS) is 18.0. The van der Waals surface area contributed by atoms with Gasteiger partial charge in [-0.25, -0.2) is 9.78 Å². The van der Waals surface area contributed by atoms with Gasteiger partial charge in [0.2, 0.25) is 0 Å². The Morgan fingerprint density at radius 2 is 2.50 bits per heavy atom. The fraction of sp³-hybridized carbons (Fsp3) is 0.571. The van der Waals surface area contributed by atoms with Crippen LogP contribution in [-0.4, -0.2) is 55.5 Å². The molecule has 0 radical (unpaired) electrons. The molecule has 0 bridgehead atoms. The molecule has 1 unspecified atom stereocenters. The van der Waals surface area contributed by atoms with E-state index < -0.39 is 0 Å². The quantitative estimate of drug-likeness (QED) is 0.735. The summed E-state index contributed by atoms with van der Waals surface area (Å²) in [5, 5.41) is 12.6. The van der Waals surface area contributed by atoms with Crippen molar-refractivity contribution >= 4 is 11.8 Å². The molecule has 6 heteroatoms. The van der Waals surface area contributed by atoms with E-state index in [0.29, 0.717) is 24.0 Å². The molecule has 6 nitrogen and oxygen atoms in total. The maximum Gasteiger partial charge on any atom is 0.338 e. The second kappa shape index (κ2) is 7.21. The lowest BCUT2D eigenvalue weighted by Crippen LogP contribution is -2.39. The zero-order valence-corrected chi connectivity index (χ0v) is 11.7. The molecular weight excluding hydrogens is 258 g/mol. The second-order valence-electron chi connectivity index (χ2n) is 4.86. The van der Waals surface area contributed by atoms with Gasteiger partial charge in [-0.15, -0.1) is 0 Å². The Balaban J connectivity index is 2.12. The van der Waals surface area contributed by atoms with Crippen LogP contribution in [0, 0.1) is 0 Å². The first-order valence-corrected chi connectivity index (χ1v) is 6.88. The van der Waals surface area contributed by atoms with Crippen LogP contribution >= 0.6 is 0 Å². The van der Waals surface area contributed by atoms with Crippen LogP contribution in [0.1, 0.15) is 23.2 Å². The summed E-state index contributed by atoms with van der Waals surface area (Å²) in [5.74, 6) is 0.312. The van der Waals surface area contributed by atoms with Crippen molar-refractivity contribution in [3.05, 3.63) is 23.9 Å². The van der Waals surface area contributed by atoms with Gasteiger partial charge < -0.3 is 20.1 Å². The van der Waals surface area contributed by atoms with Crippen LogP contribution in [0.2, 0.25) is 0 Å². The molecule has 1 aromatic rings. The summed E-state index contributed by atoms with van der Waals surface area (Å²) in [5.41, 5.74) is 0.472. The SMILES string of the molecule is COC(=O)c1ccnc(N(CCO)CC2CCCN2)c1. The lowest BCUT2D eigenvalue weighted by atomic mass is 10.2. The van der Waals surface area contributed by atoms with Crippen molar-refractivity contribution in [2.45, 2.75) is 18.9 Å². The van der Waals surface area contributed by atoms with Crippen LogP contribution in [-0.2, 0) is 4.74 Å². The zero-order valence-electron chi connectivity index (χ0n) is 11.7. The summed E-state index contributed by atoms with van der Waals surface area (Å²) >= 11 is 0. The third-order valence-electron chi connectivity index (χ3n) is 3.46. The number of pyridine rings is 1. The molecule has 0 amide bonds. The zero-order chi connectivity index (χ0) is 14.4. The highest BCUT2D eigenvalue weighted by atomic mass is 16.5. The van der Waals surface area contributed by atoms with Crippen molar-refractivity contribution in [1.82, 2.24) is 10.3 Å². The van der Waals surface area contributed by atoms with Crippen molar-refractivity contribution < 1.29 is 14.6 Å². The first-order valence-electron chi connectivity index (χ1n) is 6.88. The highest BCUT2D eigenvalue weighted by molar-refractivity contribution is 5.90. The van der Waals surface area contributed by atoms with Gasteiger partial charge in [0.05, 0.1) is 19.3 Å². The molecule has 1 fully saturated rings. The highest BCUT2D eigenvalue weighted by Crippen LogP contribution is 2.16. The number of esters is 1. The number of nitrogens with zero attached hydrogens (tertiary/aromatic N) is 2. The van der Waals surface area contributed by atoms with E-state index in [-0.39, 0.29) is 12.6 Å². The molecule has 0 spiro atoms. The number of ether oxygens (including phenoxy) is 1. The van der Waals surface area contributed by atoms with Crippen molar-refractivity contribution in [3.8, 4) is 0 Å². The first-order chi connectivity index (χ1) is 9.74. The van der Waals surface area contributed by atoms with E-state index in [9.17, 15) is 9.90 Å². The Kier molecular flexibility index (Phi) is 5.31. The number of anilines is 1. The Bertz CT molecular complexity index is 447. The maximum absolute atomic E-state index is 11.6. The lowest BCUT2D eigenvalue weighted by molar-refractivity contribution is 0.0600. The van der Waals surface area contributed by atoms with Crippen molar-refractivity contribution in [2.75, 3.05) is 38.3 Å². The largest absolute Gasteiger partial charge is 0.465 e. The number of rotatable bonds is 6. The number of methoxy groups -OCH3 is 1. The Morgan fingerprint density at radius 3 is 3.15 bits per heavy atom. The van der Waals surface area contributed by atoms with Gasteiger partial charge in [0.25, 0.3) is 0 Å². The molecule has 0 aliphatic carbocycles. The molecule has 1 atom stereocenters. The molecule has 2 heterocycles. The van der Waals surface area contributed by atoms with Gasteiger partial charge in [-0.05, 0) is 31.5 Å². The molecule has 110 valence electrons. The summed E-state index contributed by atoms with van der Waals surface area (Å²) in [6, 6.07) is 3.74. The van der Waals surface area contributed by atoms with Crippen LogP contribution < -0.4 is 10.2 Å². The second-order valence-corrected chi connectivity index (χ2v) is 4.86. The van der Waals surface area contributed by atoms with Crippen LogP contribution in [0.3, 0.4) is 0 Å². The van der Waals surface area contributed by atoms with E-state index >= 15 is 0 Å². The van der Waals surface area contributed by atoms with Gasteiger partial charge in [0.1, 0.15) is 5.82 Å². The van der Waals surface area contributed by atoms with Gasteiger partial charge in [-0.3, -0.25) is 0 Å². The predicted octanol–water partition coefficient (Wildman–Crippen LogP) is 0.419. The summed E-state index contributed by atoms with van der Waals surface area (Å²) in [7, 11) is 1.36. The average molecular weight is 279 g/mol. The van der Waals surface area contributed by atoms with Crippen LogP contribution in [0.25, 0.3) is 0 Å². The standard InChI is InChI=1S/C14H21N3O3/c1-20-14(19)11-4-6-16-13(9-11)17(7-8-18)10-12-3-2-5-15-12/h4,6,9,12,15,18H,2-3,5,7-8,10H2,1H3. The van der Waals surface area contributed by atoms with E-state index in [0.717, 1.165) is 19.5 Å². The lowest BCUT2D eigenvalue weighted by Gasteiger charge is -2.26. The van der Waals surface area contributed by atoms with E-state index in [1.165, 1.54) is 13.5 Å². The summed E-state index contributed by atoms with van der Waals surface area (Å²) in [6.07, 6.45) is 3.89. The number of nitrogens with one attached hydrogen (secondary N) is 1. The molecule has 1 aliphatic rings. The van der Waals surface area contributed by atoms with Crippen LogP contribution in [0.15, 0.2) is 18.3 Å². The highest BCUT2D eigenvalue weighted by Gasteiger charge is 2.19. The minimum absolute atomic E-state index is 0.0524. The molecule has 0 aromatic carbocycles. The number of aromatic nitrogens is 1. The number of carbonyl (C=O) groups excluding carboxylic acids is 1. The minimum Gasteiger partial charge on any atom is -0.465 e. The Hall–Kier alpha value is -1.66. The van der Waals surface area contributed by atoms with Gasteiger partial charge in [-0.1, -0.05) is 0 Å². The van der Waals surface area contributed by atoms with Gasteiger partial charge >= 0.3 is 5.97 Å². The van der Waals surface area contributed by atoms with Crippen molar-refractivity contribution in [3.63, 3.8) is 0 Å². The molecule has 1 aliphatic heterocycles. The number of hydrogen-bond acceptors (Lipinski definition) is 6. The van der Waals surface area contributed by atoms with E-state index in [1.54, 1.807) is 18.3 Å².